The molecular weight excluding hydrogens is 489 g/mol. The lowest BCUT2D eigenvalue weighted by Gasteiger charge is -2.46. The fraction of sp³-hybridized carbons (Fsp3) is 0.483. The number of imidazole rings is 1. The Balaban J connectivity index is 1.39. The van der Waals surface area contributed by atoms with Crippen LogP contribution in [0.2, 0.25) is 0 Å². The van der Waals surface area contributed by atoms with Gasteiger partial charge in [-0.15, -0.1) is 10.2 Å². The first kappa shape index (κ1) is 25.1. The summed E-state index contributed by atoms with van der Waals surface area (Å²) in [7, 11) is 1.95. The Morgan fingerprint density at radius 3 is 2.61 bits per heavy atom. The van der Waals surface area contributed by atoms with Crippen LogP contribution in [0.15, 0.2) is 42.7 Å². The number of aryl methyl sites for hydroxylation is 1. The maximum atomic E-state index is 14.2. The highest BCUT2D eigenvalue weighted by Crippen LogP contribution is 2.51. The van der Waals surface area contributed by atoms with Crippen LogP contribution >= 0.6 is 0 Å². The second-order valence-corrected chi connectivity index (χ2v) is 11.5. The van der Waals surface area contributed by atoms with E-state index < -0.39 is 11.7 Å². The number of hydrogen-bond acceptors (Lipinski definition) is 4. The van der Waals surface area contributed by atoms with Crippen LogP contribution in [0.4, 0.5) is 13.2 Å². The first-order valence-electron chi connectivity index (χ1n) is 13.4. The molecule has 0 unspecified atom stereocenters. The van der Waals surface area contributed by atoms with Crippen molar-refractivity contribution in [1.82, 2.24) is 29.6 Å². The van der Waals surface area contributed by atoms with Gasteiger partial charge in [0.15, 0.2) is 0 Å². The monoisotopic (exact) mass is 522 g/mol. The van der Waals surface area contributed by atoms with Crippen LogP contribution in [0.3, 0.4) is 0 Å². The molecule has 0 radical (unpaired) electrons. The minimum absolute atomic E-state index is 0.0361. The highest BCUT2D eigenvalue weighted by atomic mass is 19.4. The number of nitrogens with one attached hydrogen (secondary N) is 1. The van der Waals surface area contributed by atoms with E-state index in [9.17, 15) is 13.2 Å². The molecule has 6 nitrogen and oxygen atoms in total. The van der Waals surface area contributed by atoms with E-state index in [4.69, 9.17) is 0 Å². The number of likely N-dealkylation sites (tertiary alicyclic amines) is 1. The van der Waals surface area contributed by atoms with E-state index in [1.807, 2.05) is 35.9 Å². The van der Waals surface area contributed by atoms with Gasteiger partial charge in [-0.1, -0.05) is 32.0 Å². The second kappa shape index (κ2) is 9.22. The molecule has 3 heterocycles. The zero-order valence-electron chi connectivity index (χ0n) is 22.0. The standard InChI is InChI=1S/C29H33F3N6/c1-18-6-5-9-38(15-18)16-20-10-23(29(30,31)32)25-24(11-20)34-26(35-25)21-7-4-8-22(12-21)28(13-19(2)14-28)27-36-33-17-37(27)3/h4,7-8,10-12,17-19H,5-6,9,13-16H2,1-3H3,(H,34,35)/t18-,19-,28+/m0/s1. The molecule has 2 aromatic heterocycles. The molecule has 1 aliphatic heterocycles. The molecule has 2 fully saturated rings. The maximum Gasteiger partial charge on any atom is 0.418 e. The summed E-state index contributed by atoms with van der Waals surface area (Å²) in [4.78, 5) is 9.95. The van der Waals surface area contributed by atoms with E-state index in [0.29, 0.717) is 35.3 Å². The van der Waals surface area contributed by atoms with Gasteiger partial charge in [0.2, 0.25) is 0 Å². The number of aromatic amines is 1. The summed E-state index contributed by atoms with van der Waals surface area (Å²) in [6, 6.07) is 11.1. The van der Waals surface area contributed by atoms with Gasteiger partial charge in [-0.3, -0.25) is 4.90 Å². The molecule has 2 aliphatic rings. The Hall–Kier alpha value is -3.20. The van der Waals surface area contributed by atoms with Gasteiger partial charge in [-0.25, -0.2) is 4.98 Å². The Bertz CT molecular complexity index is 1460. The highest BCUT2D eigenvalue weighted by Gasteiger charge is 2.48. The van der Waals surface area contributed by atoms with Crippen molar-refractivity contribution in [1.29, 1.82) is 0 Å². The van der Waals surface area contributed by atoms with Gasteiger partial charge in [0.25, 0.3) is 0 Å². The van der Waals surface area contributed by atoms with Crippen LogP contribution in [-0.4, -0.2) is 42.7 Å². The number of piperidine rings is 1. The first-order chi connectivity index (χ1) is 18.1. The van der Waals surface area contributed by atoms with Gasteiger partial charge in [0, 0.05) is 25.7 Å². The number of H-pyrrole nitrogens is 1. The van der Waals surface area contributed by atoms with Crippen molar-refractivity contribution in [3.05, 3.63) is 65.2 Å². The van der Waals surface area contributed by atoms with Crippen LogP contribution < -0.4 is 0 Å². The van der Waals surface area contributed by atoms with Crippen molar-refractivity contribution in [3.8, 4) is 11.4 Å². The third-order valence-corrected chi connectivity index (χ3v) is 8.33. The quantitative estimate of drug-likeness (QED) is 0.333. The zero-order valence-corrected chi connectivity index (χ0v) is 22.0. The van der Waals surface area contributed by atoms with Gasteiger partial charge in [-0.05, 0) is 73.4 Å². The normalized spacial score (nSPS) is 24.6. The molecule has 4 aromatic rings. The lowest BCUT2D eigenvalue weighted by atomic mass is 9.58. The smallest absolute Gasteiger partial charge is 0.337 e. The summed E-state index contributed by atoms with van der Waals surface area (Å²) >= 11 is 0. The molecule has 9 heteroatoms. The Morgan fingerprint density at radius 2 is 1.92 bits per heavy atom. The fourth-order valence-electron chi connectivity index (χ4n) is 6.67. The maximum absolute atomic E-state index is 14.2. The van der Waals surface area contributed by atoms with E-state index in [0.717, 1.165) is 49.3 Å². The molecule has 0 spiro atoms. The van der Waals surface area contributed by atoms with E-state index in [2.05, 4.69) is 45.0 Å². The summed E-state index contributed by atoms with van der Waals surface area (Å²) in [6.45, 7) is 6.74. The predicted octanol–water partition coefficient (Wildman–Crippen LogP) is 6.33. The lowest BCUT2D eigenvalue weighted by Crippen LogP contribution is -2.43. The zero-order chi connectivity index (χ0) is 26.7. The van der Waals surface area contributed by atoms with Crippen LogP contribution in [0.1, 0.15) is 62.0 Å². The van der Waals surface area contributed by atoms with Crippen LogP contribution in [0, 0.1) is 11.8 Å². The molecule has 1 atom stereocenters. The molecule has 38 heavy (non-hydrogen) atoms. The third-order valence-electron chi connectivity index (χ3n) is 8.33. The van der Waals surface area contributed by atoms with Crippen LogP contribution in [0.5, 0.6) is 0 Å². The SMILES string of the molecule is C[C@H]1CCCN(Cc2cc(C(F)(F)F)c3[nH]c(-c4cccc([C@]5(c6nncn6C)C[C@@H](C)C5)c4)nc3c2)C1. The molecular formula is C29H33F3N6. The van der Waals surface area contributed by atoms with Gasteiger partial charge >= 0.3 is 6.18 Å². The Kier molecular flexibility index (Phi) is 6.09. The molecule has 1 N–H and O–H groups in total. The number of hydrogen-bond donors (Lipinski definition) is 1. The predicted molar refractivity (Wildman–Crippen MR) is 140 cm³/mol. The number of fused-ring (bicyclic) bond motifs is 1. The molecule has 0 bridgehead atoms. The van der Waals surface area contributed by atoms with E-state index >= 15 is 0 Å². The first-order valence-corrected chi connectivity index (χ1v) is 13.4. The van der Waals surface area contributed by atoms with Gasteiger partial charge in [0.05, 0.1) is 22.0 Å². The Morgan fingerprint density at radius 1 is 1.11 bits per heavy atom. The largest absolute Gasteiger partial charge is 0.418 e. The molecule has 6 rings (SSSR count). The molecule has 1 saturated heterocycles. The van der Waals surface area contributed by atoms with Crippen molar-refractivity contribution in [3.63, 3.8) is 0 Å². The minimum atomic E-state index is -4.48. The Labute approximate surface area is 220 Å². The number of halogens is 3. The third kappa shape index (κ3) is 4.40. The van der Waals surface area contributed by atoms with Crippen molar-refractivity contribution in [2.45, 2.75) is 57.7 Å². The number of nitrogens with zero attached hydrogens (tertiary/aromatic N) is 5. The van der Waals surface area contributed by atoms with E-state index in [-0.39, 0.29) is 10.9 Å². The van der Waals surface area contributed by atoms with Crippen molar-refractivity contribution in [2.24, 2.45) is 18.9 Å². The van der Waals surface area contributed by atoms with Crippen LogP contribution in [0.25, 0.3) is 22.4 Å². The number of benzene rings is 2. The van der Waals surface area contributed by atoms with E-state index in [1.165, 1.54) is 12.5 Å². The molecule has 200 valence electrons. The molecule has 2 aromatic carbocycles. The second-order valence-electron chi connectivity index (χ2n) is 11.5. The number of alkyl halides is 3. The molecule has 1 aliphatic carbocycles. The number of aromatic nitrogens is 5. The molecule has 1 saturated carbocycles. The molecule has 0 amide bonds. The van der Waals surface area contributed by atoms with Gasteiger partial charge in [-0.2, -0.15) is 13.2 Å². The number of rotatable bonds is 5. The average Bonchev–Trinajstić information content (AvgIpc) is 3.47. The summed E-state index contributed by atoms with van der Waals surface area (Å²) in [6.07, 6.45) is 1.37. The van der Waals surface area contributed by atoms with Gasteiger partial charge in [0.1, 0.15) is 18.0 Å². The van der Waals surface area contributed by atoms with Crippen LogP contribution in [-0.2, 0) is 25.2 Å². The summed E-state index contributed by atoms with van der Waals surface area (Å²) < 4.78 is 44.5. The fourth-order valence-corrected chi connectivity index (χ4v) is 6.67. The average molecular weight is 523 g/mol. The van der Waals surface area contributed by atoms with Crippen molar-refractivity contribution in [2.75, 3.05) is 13.1 Å². The summed E-state index contributed by atoms with van der Waals surface area (Å²) in [5.41, 5.74) is 1.96. The minimum Gasteiger partial charge on any atom is -0.337 e. The van der Waals surface area contributed by atoms with Crippen molar-refractivity contribution < 1.29 is 13.2 Å². The topological polar surface area (TPSA) is 62.6 Å². The summed E-state index contributed by atoms with van der Waals surface area (Å²) in [5, 5.41) is 8.52. The van der Waals surface area contributed by atoms with Gasteiger partial charge < -0.3 is 9.55 Å². The van der Waals surface area contributed by atoms with Crippen molar-refractivity contribution >= 4 is 11.0 Å². The highest BCUT2D eigenvalue weighted by molar-refractivity contribution is 5.84. The van der Waals surface area contributed by atoms with E-state index in [1.54, 1.807) is 6.33 Å². The summed E-state index contributed by atoms with van der Waals surface area (Å²) in [5.74, 6) is 2.46. The lowest BCUT2D eigenvalue weighted by molar-refractivity contribution is -0.136.